The summed E-state index contributed by atoms with van der Waals surface area (Å²) < 4.78 is 1.09. The molecule has 5 nitrogen and oxygen atoms in total. The Morgan fingerprint density at radius 3 is 2.73 bits per heavy atom. The van der Waals surface area contributed by atoms with Crippen molar-refractivity contribution in [3.8, 4) is 0 Å². The molecule has 0 N–H and O–H groups in total. The summed E-state index contributed by atoms with van der Waals surface area (Å²) in [5.74, 6) is 1.31. The molecule has 1 saturated carbocycles. The van der Waals surface area contributed by atoms with Crippen LogP contribution in [-0.2, 0) is 11.3 Å². The molecule has 1 aliphatic heterocycles. The first-order chi connectivity index (χ1) is 10.6. The number of carbonyl (C=O) groups excluding carboxylic acids is 1. The van der Waals surface area contributed by atoms with E-state index in [9.17, 15) is 9.59 Å². The summed E-state index contributed by atoms with van der Waals surface area (Å²) >= 11 is 11.6. The van der Waals surface area contributed by atoms with Gasteiger partial charge in [0, 0.05) is 13.1 Å². The molecule has 3 rings (SSSR count). The molecule has 120 valence electrons. The maximum atomic E-state index is 12.4. The minimum Gasteiger partial charge on any atom is -0.341 e. The van der Waals surface area contributed by atoms with Crippen LogP contribution < -0.4 is 5.56 Å². The van der Waals surface area contributed by atoms with Gasteiger partial charge in [-0.15, -0.1) is 0 Å². The van der Waals surface area contributed by atoms with Crippen LogP contribution in [0.2, 0.25) is 10.0 Å². The highest BCUT2D eigenvalue weighted by atomic mass is 35.5. The first kappa shape index (κ1) is 15.8. The molecule has 0 radical (unpaired) electrons. The molecule has 1 amide bonds. The molecule has 1 aromatic rings. The Labute approximate surface area is 139 Å². The van der Waals surface area contributed by atoms with Gasteiger partial charge in [-0.3, -0.25) is 9.59 Å². The van der Waals surface area contributed by atoms with Crippen LogP contribution in [-0.4, -0.2) is 33.7 Å². The Morgan fingerprint density at radius 1 is 1.23 bits per heavy atom. The quantitative estimate of drug-likeness (QED) is 0.829. The van der Waals surface area contributed by atoms with Gasteiger partial charge < -0.3 is 4.90 Å². The van der Waals surface area contributed by atoms with Crippen molar-refractivity contribution in [1.29, 1.82) is 0 Å². The zero-order chi connectivity index (χ0) is 15.7. The largest absolute Gasteiger partial charge is 0.341 e. The number of hydrogen-bond acceptors (Lipinski definition) is 3. The molecule has 2 unspecified atom stereocenters. The van der Waals surface area contributed by atoms with Gasteiger partial charge in [-0.25, -0.2) is 4.68 Å². The molecule has 0 spiro atoms. The standard InChI is InChI=1S/C15H19Cl2N3O2/c16-12-7-18-20(15(22)14(12)17)9-13(21)19-6-5-10-3-1-2-4-11(10)8-19/h7,10-11H,1-6,8-9H2. The second-order valence-electron chi connectivity index (χ2n) is 6.20. The van der Waals surface area contributed by atoms with E-state index < -0.39 is 5.56 Å². The van der Waals surface area contributed by atoms with Crippen LogP contribution in [0.3, 0.4) is 0 Å². The Kier molecular flexibility index (Phi) is 4.73. The average Bonchev–Trinajstić information content (AvgIpc) is 2.55. The topological polar surface area (TPSA) is 55.2 Å². The minimum absolute atomic E-state index is 0.0722. The average molecular weight is 344 g/mol. The highest BCUT2D eigenvalue weighted by molar-refractivity contribution is 6.41. The fourth-order valence-electron chi connectivity index (χ4n) is 3.61. The molecule has 0 aromatic carbocycles. The van der Waals surface area contributed by atoms with Crippen molar-refractivity contribution in [1.82, 2.24) is 14.7 Å². The molecule has 2 fully saturated rings. The highest BCUT2D eigenvalue weighted by Crippen LogP contribution is 2.36. The SMILES string of the molecule is O=C(Cn1ncc(Cl)c(Cl)c1=O)N1CCC2CCCCC2C1. The fraction of sp³-hybridized carbons (Fsp3) is 0.667. The Bertz CT molecular complexity index is 632. The third kappa shape index (κ3) is 3.15. The van der Waals surface area contributed by atoms with Crippen LogP contribution in [0.15, 0.2) is 11.0 Å². The predicted molar refractivity (Wildman–Crippen MR) is 85.2 cm³/mol. The lowest BCUT2D eigenvalue weighted by Gasteiger charge is -2.41. The van der Waals surface area contributed by atoms with Gasteiger partial charge in [0.25, 0.3) is 5.56 Å². The number of rotatable bonds is 2. The number of nitrogens with zero attached hydrogens (tertiary/aromatic N) is 3. The van der Waals surface area contributed by atoms with Gasteiger partial charge in [0.2, 0.25) is 5.91 Å². The van der Waals surface area contributed by atoms with Crippen molar-refractivity contribution < 1.29 is 4.79 Å². The van der Waals surface area contributed by atoms with E-state index in [1.807, 2.05) is 4.90 Å². The zero-order valence-corrected chi connectivity index (χ0v) is 13.8. The van der Waals surface area contributed by atoms with Crippen molar-refractivity contribution in [3.05, 3.63) is 26.6 Å². The summed E-state index contributed by atoms with van der Waals surface area (Å²) in [5, 5.41) is 3.92. The number of likely N-dealkylation sites (tertiary alicyclic amines) is 1. The van der Waals surface area contributed by atoms with Gasteiger partial charge >= 0.3 is 0 Å². The monoisotopic (exact) mass is 343 g/mol. The Morgan fingerprint density at radius 2 is 1.95 bits per heavy atom. The number of carbonyl (C=O) groups is 1. The van der Waals surface area contributed by atoms with Crippen molar-refractivity contribution in [3.63, 3.8) is 0 Å². The van der Waals surface area contributed by atoms with Crippen LogP contribution >= 0.6 is 23.2 Å². The molecule has 2 heterocycles. The first-order valence-electron chi connectivity index (χ1n) is 7.75. The summed E-state index contributed by atoms with van der Waals surface area (Å²) in [6, 6.07) is 0. The maximum absolute atomic E-state index is 12.4. The van der Waals surface area contributed by atoms with E-state index in [4.69, 9.17) is 23.2 Å². The van der Waals surface area contributed by atoms with Crippen LogP contribution in [0.1, 0.15) is 32.1 Å². The molecule has 1 aliphatic carbocycles. The number of piperidine rings is 1. The molecule has 1 aromatic heterocycles. The normalized spacial score (nSPS) is 24.9. The second kappa shape index (κ2) is 6.59. The van der Waals surface area contributed by atoms with E-state index in [1.165, 1.54) is 31.9 Å². The lowest BCUT2D eigenvalue weighted by molar-refractivity contribution is -0.135. The predicted octanol–water partition coefficient (Wildman–Crippen LogP) is 2.59. The fourth-order valence-corrected chi connectivity index (χ4v) is 3.88. The van der Waals surface area contributed by atoms with E-state index in [1.54, 1.807) is 0 Å². The molecule has 2 atom stereocenters. The van der Waals surface area contributed by atoms with Gasteiger partial charge in [-0.1, -0.05) is 42.5 Å². The number of hydrogen-bond donors (Lipinski definition) is 0. The molecule has 1 saturated heterocycles. The van der Waals surface area contributed by atoms with Crippen LogP contribution in [0.4, 0.5) is 0 Å². The number of aromatic nitrogens is 2. The number of halogens is 2. The van der Waals surface area contributed by atoms with Gasteiger partial charge in [0.1, 0.15) is 11.6 Å². The van der Waals surface area contributed by atoms with E-state index >= 15 is 0 Å². The molecular formula is C15H19Cl2N3O2. The molecule has 2 aliphatic rings. The van der Waals surface area contributed by atoms with Crippen molar-refractivity contribution in [2.45, 2.75) is 38.6 Å². The zero-order valence-electron chi connectivity index (χ0n) is 12.3. The van der Waals surface area contributed by atoms with E-state index in [-0.39, 0.29) is 22.5 Å². The van der Waals surface area contributed by atoms with Gasteiger partial charge in [-0.05, 0) is 24.7 Å². The molecule has 7 heteroatoms. The van der Waals surface area contributed by atoms with E-state index in [2.05, 4.69) is 5.10 Å². The highest BCUT2D eigenvalue weighted by Gasteiger charge is 2.33. The van der Waals surface area contributed by atoms with Gasteiger partial charge in [0.05, 0.1) is 11.2 Å². The number of amides is 1. The number of fused-ring (bicyclic) bond motifs is 1. The summed E-state index contributed by atoms with van der Waals surface area (Å²) in [5.41, 5.74) is -0.518. The molecular weight excluding hydrogens is 325 g/mol. The van der Waals surface area contributed by atoms with Gasteiger partial charge in [0.15, 0.2) is 0 Å². The summed E-state index contributed by atoms with van der Waals surface area (Å²) in [6.45, 7) is 1.50. The van der Waals surface area contributed by atoms with Crippen molar-refractivity contribution in [2.24, 2.45) is 11.8 Å². The molecule has 22 heavy (non-hydrogen) atoms. The van der Waals surface area contributed by atoms with Crippen molar-refractivity contribution in [2.75, 3.05) is 13.1 Å². The summed E-state index contributed by atoms with van der Waals surface area (Å²) in [7, 11) is 0. The lowest BCUT2D eigenvalue weighted by Crippen LogP contribution is -2.46. The van der Waals surface area contributed by atoms with Crippen molar-refractivity contribution >= 4 is 29.1 Å². The first-order valence-corrected chi connectivity index (χ1v) is 8.50. The van der Waals surface area contributed by atoms with E-state index in [0.29, 0.717) is 5.92 Å². The van der Waals surface area contributed by atoms with Crippen LogP contribution in [0.5, 0.6) is 0 Å². The third-order valence-electron chi connectivity index (χ3n) is 4.87. The third-order valence-corrected chi connectivity index (χ3v) is 5.62. The lowest BCUT2D eigenvalue weighted by atomic mass is 9.75. The summed E-state index contributed by atoms with van der Waals surface area (Å²) in [4.78, 5) is 26.3. The Hall–Kier alpha value is -1.07. The minimum atomic E-state index is -0.518. The van der Waals surface area contributed by atoms with Crippen LogP contribution in [0, 0.1) is 11.8 Å². The summed E-state index contributed by atoms with van der Waals surface area (Å²) in [6.07, 6.45) is 7.45. The maximum Gasteiger partial charge on any atom is 0.287 e. The van der Waals surface area contributed by atoms with Gasteiger partial charge in [-0.2, -0.15) is 5.10 Å². The van der Waals surface area contributed by atoms with E-state index in [0.717, 1.165) is 30.1 Å². The smallest absolute Gasteiger partial charge is 0.287 e. The second-order valence-corrected chi connectivity index (χ2v) is 6.99. The Balaban J connectivity index is 1.67. The molecule has 0 bridgehead atoms. The van der Waals surface area contributed by atoms with Crippen LogP contribution in [0.25, 0.3) is 0 Å².